The number of aliphatic hydroxyl groups excluding tert-OH is 1. The summed E-state index contributed by atoms with van der Waals surface area (Å²) < 4.78 is 4.63. The van der Waals surface area contributed by atoms with Gasteiger partial charge in [0.05, 0.1) is 18.8 Å². The van der Waals surface area contributed by atoms with Crippen LogP contribution in [0.3, 0.4) is 0 Å². The molecule has 0 spiro atoms. The van der Waals surface area contributed by atoms with Crippen molar-refractivity contribution in [3.63, 3.8) is 0 Å². The predicted molar refractivity (Wildman–Crippen MR) is 115 cm³/mol. The molecule has 3 rings (SSSR count). The Morgan fingerprint density at radius 3 is 2.33 bits per heavy atom. The minimum atomic E-state index is -0.759. The van der Waals surface area contributed by atoms with Crippen molar-refractivity contribution >= 4 is 34.8 Å². The smallest absolute Gasteiger partial charge is 0.337 e. The van der Waals surface area contributed by atoms with Gasteiger partial charge in [0.15, 0.2) is 0 Å². The monoisotopic (exact) mass is 430 g/mol. The number of aliphatic hydroxyl groups is 1. The van der Waals surface area contributed by atoms with Crippen LogP contribution < -0.4 is 10.6 Å². The van der Waals surface area contributed by atoms with E-state index >= 15 is 0 Å². The van der Waals surface area contributed by atoms with E-state index in [4.69, 9.17) is 0 Å². The first-order valence-electron chi connectivity index (χ1n) is 9.90. The van der Waals surface area contributed by atoms with Crippen LogP contribution in [0.1, 0.15) is 58.8 Å². The molecule has 8 heteroatoms. The minimum Gasteiger partial charge on any atom is -0.465 e. The maximum atomic E-state index is 12.4. The summed E-state index contributed by atoms with van der Waals surface area (Å²) in [7, 11) is 1.29. The quantitative estimate of drug-likeness (QED) is 0.482. The van der Waals surface area contributed by atoms with Gasteiger partial charge in [-0.1, -0.05) is 12.8 Å². The van der Waals surface area contributed by atoms with Gasteiger partial charge in [0, 0.05) is 27.4 Å². The van der Waals surface area contributed by atoms with Gasteiger partial charge in [-0.05, 0) is 56.2 Å². The third-order valence-corrected chi connectivity index (χ3v) is 6.98. The van der Waals surface area contributed by atoms with E-state index in [1.807, 2.05) is 12.1 Å². The lowest BCUT2D eigenvalue weighted by atomic mass is 9.84. The predicted octanol–water partition coefficient (Wildman–Crippen LogP) is 3.15. The molecule has 0 bridgehead atoms. The van der Waals surface area contributed by atoms with Gasteiger partial charge in [-0.2, -0.15) is 0 Å². The highest BCUT2D eigenvalue weighted by molar-refractivity contribution is 7.12. The Morgan fingerprint density at radius 2 is 1.77 bits per heavy atom. The SMILES string of the molecule is COC(=O)c1ccc(NC(=O)C(=O)NCC2(c3ccc([C@H](C)O)s3)CCCC2)cc1. The molecule has 1 atom stereocenters. The summed E-state index contributed by atoms with van der Waals surface area (Å²) in [6, 6.07) is 10.1. The van der Waals surface area contributed by atoms with Crippen molar-refractivity contribution < 1.29 is 24.2 Å². The van der Waals surface area contributed by atoms with Crippen molar-refractivity contribution in [1.29, 1.82) is 0 Å². The first-order chi connectivity index (χ1) is 14.3. The average Bonchev–Trinajstić information content (AvgIpc) is 3.42. The largest absolute Gasteiger partial charge is 0.465 e. The average molecular weight is 431 g/mol. The minimum absolute atomic E-state index is 0.199. The normalized spacial score (nSPS) is 16.0. The van der Waals surface area contributed by atoms with Crippen LogP contribution in [0.4, 0.5) is 5.69 Å². The van der Waals surface area contributed by atoms with E-state index < -0.39 is 23.9 Å². The molecule has 1 heterocycles. The van der Waals surface area contributed by atoms with E-state index in [1.54, 1.807) is 30.4 Å². The number of hydrogen-bond acceptors (Lipinski definition) is 6. The Labute approximate surface area is 179 Å². The van der Waals surface area contributed by atoms with E-state index in [0.29, 0.717) is 17.8 Å². The van der Waals surface area contributed by atoms with E-state index in [9.17, 15) is 19.5 Å². The third-order valence-electron chi connectivity index (χ3n) is 5.48. The van der Waals surface area contributed by atoms with Crippen molar-refractivity contribution in [2.75, 3.05) is 19.0 Å². The first kappa shape index (κ1) is 22.0. The zero-order valence-corrected chi connectivity index (χ0v) is 17.9. The molecular formula is C22H26N2O5S. The second-order valence-corrected chi connectivity index (χ2v) is 8.69. The van der Waals surface area contributed by atoms with Gasteiger partial charge in [0.1, 0.15) is 0 Å². The highest BCUT2D eigenvalue weighted by Crippen LogP contribution is 2.44. The number of ether oxygens (including phenoxy) is 1. The first-order valence-corrected chi connectivity index (χ1v) is 10.7. The fourth-order valence-corrected chi connectivity index (χ4v) is 4.94. The summed E-state index contributed by atoms with van der Waals surface area (Å²) in [5.74, 6) is -1.93. The molecule has 1 saturated carbocycles. The Kier molecular flexibility index (Phi) is 6.89. The molecule has 1 aliphatic rings. The number of benzene rings is 1. The molecule has 0 saturated heterocycles. The lowest BCUT2D eigenvalue weighted by Gasteiger charge is -2.28. The topological polar surface area (TPSA) is 105 Å². The number of rotatable bonds is 6. The van der Waals surface area contributed by atoms with Crippen LogP contribution in [-0.4, -0.2) is 36.5 Å². The number of methoxy groups -OCH3 is 1. The Morgan fingerprint density at radius 1 is 1.10 bits per heavy atom. The standard InChI is InChI=1S/C22H26N2O5S/c1-14(25)17-9-10-18(30-17)22(11-3-4-12-22)13-23-19(26)20(27)24-16-7-5-15(6-8-16)21(28)29-2/h5-10,14,25H,3-4,11-13H2,1-2H3,(H,23,26)(H,24,27)/t14-/m0/s1. The van der Waals surface area contributed by atoms with Crippen LogP contribution >= 0.6 is 11.3 Å². The molecule has 160 valence electrons. The van der Waals surface area contributed by atoms with Crippen LogP contribution in [0.25, 0.3) is 0 Å². The number of hydrogen-bond donors (Lipinski definition) is 3. The number of carbonyl (C=O) groups is 3. The molecule has 1 aromatic carbocycles. The molecule has 7 nitrogen and oxygen atoms in total. The zero-order valence-electron chi connectivity index (χ0n) is 17.1. The number of carbonyl (C=O) groups excluding carboxylic acids is 3. The summed E-state index contributed by atoms with van der Waals surface area (Å²) in [4.78, 5) is 38.2. The molecule has 0 radical (unpaired) electrons. The van der Waals surface area contributed by atoms with E-state index in [2.05, 4.69) is 15.4 Å². The number of esters is 1. The third kappa shape index (κ3) is 4.88. The summed E-state index contributed by atoms with van der Waals surface area (Å²) in [6.07, 6.45) is 3.48. The van der Waals surface area contributed by atoms with Crippen molar-refractivity contribution in [1.82, 2.24) is 5.32 Å². The molecule has 3 N–H and O–H groups in total. The second kappa shape index (κ2) is 9.40. The summed E-state index contributed by atoms with van der Waals surface area (Å²) in [5.41, 5.74) is 0.574. The van der Waals surface area contributed by atoms with E-state index in [1.165, 1.54) is 19.2 Å². The fourth-order valence-electron chi connectivity index (χ4n) is 3.75. The van der Waals surface area contributed by atoms with Gasteiger partial charge in [-0.15, -0.1) is 11.3 Å². The molecular weight excluding hydrogens is 404 g/mol. The molecule has 1 aromatic heterocycles. The van der Waals surface area contributed by atoms with Gasteiger partial charge in [-0.25, -0.2) is 4.79 Å². The summed E-state index contributed by atoms with van der Waals surface area (Å²) >= 11 is 1.57. The highest BCUT2D eigenvalue weighted by atomic mass is 32.1. The van der Waals surface area contributed by atoms with Crippen LogP contribution in [0.15, 0.2) is 36.4 Å². The molecule has 30 heavy (non-hydrogen) atoms. The van der Waals surface area contributed by atoms with Gasteiger partial charge in [-0.3, -0.25) is 9.59 Å². The Bertz CT molecular complexity index is 914. The number of nitrogens with one attached hydrogen (secondary N) is 2. The lowest BCUT2D eigenvalue weighted by molar-refractivity contribution is -0.136. The van der Waals surface area contributed by atoms with Crippen LogP contribution in [0.2, 0.25) is 0 Å². The fraction of sp³-hybridized carbons (Fsp3) is 0.409. The van der Waals surface area contributed by atoms with Gasteiger partial charge in [0.25, 0.3) is 0 Å². The number of anilines is 1. The lowest BCUT2D eigenvalue weighted by Crippen LogP contribution is -2.43. The van der Waals surface area contributed by atoms with Crippen LogP contribution in [-0.2, 0) is 19.7 Å². The Hall–Kier alpha value is -2.71. The maximum absolute atomic E-state index is 12.4. The number of thiophene rings is 1. The molecule has 2 amide bonds. The Balaban J connectivity index is 1.61. The highest BCUT2D eigenvalue weighted by Gasteiger charge is 2.37. The van der Waals surface area contributed by atoms with Gasteiger partial charge < -0.3 is 20.5 Å². The van der Waals surface area contributed by atoms with E-state index in [0.717, 1.165) is 35.4 Å². The molecule has 2 aromatic rings. The zero-order chi connectivity index (χ0) is 21.7. The summed E-state index contributed by atoms with van der Waals surface area (Å²) in [6.45, 7) is 2.11. The van der Waals surface area contributed by atoms with Crippen LogP contribution in [0.5, 0.6) is 0 Å². The van der Waals surface area contributed by atoms with Crippen molar-refractivity contribution in [2.45, 2.75) is 44.1 Å². The van der Waals surface area contributed by atoms with E-state index in [-0.39, 0.29) is 5.41 Å². The van der Waals surface area contributed by atoms with Crippen LogP contribution in [0, 0.1) is 0 Å². The van der Waals surface area contributed by atoms with Crippen molar-refractivity contribution in [3.8, 4) is 0 Å². The van der Waals surface area contributed by atoms with Gasteiger partial charge >= 0.3 is 17.8 Å². The molecule has 0 aliphatic heterocycles. The van der Waals surface area contributed by atoms with Gasteiger partial charge in [0.2, 0.25) is 0 Å². The second-order valence-electron chi connectivity index (χ2n) is 7.57. The molecule has 1 fully saturated rings. The van der Waals surface area contributed by atoms with Crippen molar-refractivity contribution in [2.24, 2.45) is 0 Å². The molecule has 0 unspecified atom stereocenters. The van der Waals surface area contributed by atoms with Crippen molar-refractivity contribution in [3.05, 3.63) is 51.7 Å². The molecule has 1 aliphatic carbocycles. The summed E-state index contributed by atoms with van der Waals surface area (Å²) in [5, 5.41) is 15.1. The number of amides is 2. The maximum Gasteiger partial charge on any atom is 0.337 e.